The highest BCUT2D eigenvalue weighted by Crippen LogP contribution is 2.44. The fourth-order valence-corrected chi connectivity index (χ4v) is 3.14. The SMILES string of the molecule is CN1C(=O)c2cccc(OC(F)F)c2C2CC(=O)C1C2. The molecule has 1 heterocycles. The molecule has 1 saturated carbocycles. The van der Waals surface area contributed by atoms with Crippen LogP contribution in [-0.2, 0) is 4.79 Å². The maximum absolute atomic E-state index is 12.5. The topological polar surface area (TPSA) is 46.6 Å². The van der Waals surface area contributed by atoms with Gasteiger partial charge in [0.05, 0.1) is 6.04 Å². The van der Waals surface area contributed by atoms with E-state index in [0.29, 0.717) is 17.5 Å². The Bertz CT molecular complexity index is 588. The van der Waals surface area contributed by atoms with Crippen LogP contribution in [0.1, 0.15) is 34.7 Å². The average molecular weight is 281 g/mol. The number of hydrogen-bond acceptors (Lipinski definition) is 3. The standard InChI is InChI=1S/C14H13F2NO3/c1-17-9-5-7(6-10(9)18)12-8(13(17)19)3-2-4-11(12)20-14(15)16/h2-4,7,9,14H,5-6H2,1H3. The lowest BCUT2D eigenvalue weighted by Crippen LogP contribution is -2.39. The maximum Gasteiger partial charge on any atom is 0.387 e. The summed E-state index contributed by atoms with van der Waals surface area (Å²) in [5.74, 6) is -0.574. The van der Waals surface area contributed by atoms with Crippen molar-refractivity contribution in [3.8, 4) is 5.75 Å². The third kappa shape index (κ3) is 1.87. The summed E-state index contributed by atoms with van der Waals surface area (Å²) in [6.07, 6.45) is 0.733. The summed E-state index contributed by atoms with van der Waals surface area (Å²) in [6.45, 7) is -2.95. The molecule has 4 nitrogen and oxygen atoms in total. The van der Waals surface area contributed by atoms with E-state index in [1.54, 1.807) is 13.1 Å². The Kier molecular flexibility index (Phi) is 2.96. The first kappa shape index (κ1) is 13.0. The van der Waals surface area contributed by atoms with Crippen molar-refractivity contribution in [2.24, 2.45) is 0 Å². The van der Waals surface area contributed by atoms with E-state index in [1.807, 2.05) is 0 Å². The number of fused-ring (bicyclic) bond motifs is 4. The van der Waals surface area contributed by atoms with Gasteiger partial charge in [0.15, 0.2) is 5.78 Å². The minimum Gasteiger partial charge on any atom is -0.435 e. The Morgan fingerprint density at radius 1 is 1.35 bits per heavy atom. The average Bonchev–Trinajstić information content (AvgIpc) is 2.73. The van der Waals surface area contributed by atoms with Crippen LogP contribution >= 0.6 is 0 Å². The van der Waals surface area contributed by atoms with E-state index >= 15 is 0 Å². The lowest BCUT2D eigenvalue weighted by molar-refractivity contribution is -0.121. The number of Topliss-reactive ketones (excluding diaryl/α,β-unsaturated/α-hetero) is 1. The molecule has 1 aliphatic heterocycles. The molecule has 2 aliphatic rings. The van der Waals surface area contributed by atoms with E-state index in [0.717, 1.165) is 0 Å². The molecule has 1 aliphatic carbocycles. The molecule has 3 rings (SSSR count). The van der Waals surface area contributed by atoms with Gasteiger partial charge in [-0.15, -0.1) is 0 Å². The molecule has 1 amide bonds. The summed E-state index contributed by atoms with van der Waals surface area (Å²) in [5, 5.41) is 0. The zero-order valence-corrected chi connectivity index (χ0v) is 10.8. The molecule has 1 aromatic rings. The fourth-order valence-electron chi connectivity index (χ4n) is 3.14. The number of carbonyl (C=O) groups excluding carboxylic acids is 2. The Hall–Kier alpha value is -1.98. The molecular formula is C14H13F2NO3. The normalized spacial score (nSPS) is 24.9. The van der Waals surface area contributed by atoms with Crippen LogP contribution in [0.15, 0.2) is 18.2 Å². The van der Waals surface area contributed by atoms with Gasteiger partial charge in [-0.05, 0) is 24.5 Å². The van der Waals surface area contributed by atoms with Crippen LogP contribution in [0.3, 0.4) is 0 Å². The van der Waals surface area contributed by atoms with Crippen LogP contribution in [-0.4, -0.2) is 36.3 Å². The van der Waals surface area contributed by atoms with Crippen molar-refractivity contribution >= 4 is 11.7 Å². The predicted octanol–water partition coefficient (Wildman–Crippen LogP) is 2.19. The second-order valence-corrected chi connectivity index (χ2v) is 5.13. The van der Waals surface area contributed by atoms with Crippen molar-refractivity contribution in [2.75, 3.05) is 7.05 Å². The summed E-state index contributed by atoms with van der Waals surface area (Å²) in [4.78, 5) is 25.7. The molecule has 2 unspecified atom stereocenters. The van der Waals surface area contributed by atoms with Crippen LogP contribution in [0.5, 0.6) is 5.75 Å². The fraction of sp³-hybridized carbons (Fsp3) is 0.429. The number of carbonyl (C=O) groups is 2. The number of rotatable bonds is 2. The van der Waals surface area contributed by atoms with Gasteiger partial charge in [0.25, 0.3) is 5.91 Å². The Morgan fingerprint density at radius 3 is 2.80 bits per heavy atom. The van der Waals surface area contributed by atoms with Crippen molar-refractivity contribution in [1.29, 1.82) is 0 Å². The molecule has 0 saturated heterocycles. The minimum absolute atomic E-state index is 0.000370. The Balaban J connectivity index is 2.15. The molecule has 0 spiro atoms. The highest BCUT2D eigenvalue weighted by atomic mass is 19.3. The predicted molar refractivity (Wildman–Crippen MR) is 65.9 cm³/mol. The van der Waals surface area contributed by atoms with Crippen molar-refractivity contribution in [1.82, 2.24) is 4.90 Å². The number of ether oxygens (including phenoxy) is 1. The van der Waals surface area contributed by atoms with Gasteiger partial charge >= 0.3 is 6.61 Å². The van der Waals surface area contributed by atoms with Gasteiger partial charge in [-0.2, -0.15) is 8.78 Å². The zero-order chi connectivity index (χ0) is 14.4. The zero-order valence-electron chi connectivity index (χ0n) is 10.8. The number of likely N-dealkylation sites (N-methyl/N-ethyl adjacent to an activating group) is 1. The van der Waals surface area contributed by atoms with Gasteiger partial charge in [0.1, 0.15) is 5.75 Å². The summed E-state index contributed by atoms with van der Waals surface area (Å²) in [5.41, 5.74) is 0.795. The van der Waals surface area contributed by atoms with E-state index in [9.17, 15) is 18.4 Å². The molecule has 0 N–H and O–H groups in total. The number of alkyl halides is 2. The van der Waals surface area contributed by atoms with Crippen molar-refractivity contribution in [3.63, 3.8) is 0 Å². The second-order valence-electron chi connectivity index (χ2n) is 5.13. The second kappa shape index (κ2) is 4.54. The first-order valence-electron chi connectivity index (χ1n) is 6.36. The number of benzene rings is 1. The van der Waals surface area contributed by atoms with E-state index in [-0.39, 0.29) is 29.8 Å². The first-order chi connectivity index (χ1) is 9.49. The first-order valence-corrected chi connectivity index (χ1v) is 6.36. The van der Waals surface area contributed by atoms with E-state index in [4.69, 9.17) is 0 Å². The largest absolute Gasteiger partial charge is 0.435 e. The van der Waals surface area contributed by atoms with Gasteiger partial charge in [-0.25, -0.2) is 0 Å². The number of amides is 1. The molecule has 0 radical (unpaired) electrons. The summed E-state index contributed by atoms with van der Waals surface area (Å²) in [6, 6.07) is 4.07. The van der Waals surface area contributed by atoms with Crippen LogP contribution in [0, 0.1) is 0 Å². The number of nitrogens with zero attached hydrogens (tertiary/aromatic N) is 1. The summed E-state index contributed by atoms with van der Waals surface area (Å²) < 4.78 is 29.5. The molecule has 6 heteroatoms. The van der Waals surface area contributed by atoms with Crippen molar-refractivity contribution < 1.29 is 23.1 Å². The molecule has 2 atom stereocenters. The van der Waals surface area contributed by atoms with Gasteiger partial charge < -0.3 is 9.64 Å². The van der Waals surface area contributed by atoms with Gasteiger partial charge in [-0.1, -0.05) is 6.07 Å². The summed E-state index contributed by atoms with van der Waals surface area (Å²) in [7, 11) is 1.57. The number of ketones is 1. The Morgan fingerprint density at radius 2 is 2.10 bits per heavy atom. The lowest BCUT2D eigenvalue weighted by Gasteiger charge is -2.23. The lowest BCUT2D eigenvalue weighted by atomic mass is 9.92. The molecule has 0 aromatic heterocycles. The van der Waals surface area contributed by atoms with E-state index < -0.39 is 12.7 Å². The van der Waals surface area contributed by atoms with Gasteiger partial charge in [-0.3, -0.25) is 9.59 Å². The third-order valence-corrected chi connectivity index (χ3v) is 4.04. The van der Waals surface area contributed by atoms with E-state index in [1.165, 1.54) is 17.0 Å². The van der Waals surface area contributed by atoms with Crippen LogP contribution in [0.4, 0.5) is 8.78 Å². The molecule has 1 fully saturated rings. The van der Waals surface area contributed by atoms with Gasteiger partial charge in [0.2, 0.25) is 0 Å². The van der Waals surface area contributed by atoms with Gasteiger partial charge in [0, 0.05) is 24.6 Å². The quantitative estimate of drug-likeness (QED) is 0.834. The van der Waals surface area contributed by atoms with Crippen molar-refractivity contribution in [2.45, 2.75) is 31.4 Å². The maximum atomic E-state index is 12.5. The monoisotopic (exact) mass is 281 g/mol. The minimum atomic E-state index is -2.95. The van der Waals surface area contributed by atoms with Crippen LogP contribution < -0.4 is 4.74 Å². The smallest absolute Gasteiger partial charge is 0.387 e. The number of hydrogen-bond donors (Lipinski definition) is 0. The molecule has 20 heavy (non-hydrogen) atoms. The van der Waals surface area contributed by atoms with Crippen LogP contribution in [0.2, 0.25) is 0 Å². The van der Waals surface area contributed by atoms with E-state index in [2.05, 4.69) is 4.74 Å². The molecule has 1 aromatic carbocycles. The molecule has 2 bridgehead atoms. The van der Waals surface area contributed by atoms with Crippen molar-refractivity contribution in [3.05, 3.63) is 29.3 Å². The summed E-state index contributed by atoms with van der Waals surface area (Å²) >= 11 is 0. The Labute approximate surface area is 114 Å². The molecular weight excluding hydrogens is 268 g/mol. The third-order valence-electron chi connectivity index (χ3n) is 4.04. The molecule has 106 valence electrons. The number of halogens is 2. The van der Waals surface area contributed by atoms with Crippen LogP contribution in [0.25, 0.3) is 0 Å². The highest BCUT2D eigenvalue weighted by Gasteiger charge is 2.44. The highest BCUT2D eigenvalue weighted by molar-refractivity contribution is 6.02.